The number of nitrogens with zero attached hydrogens (tertiary/aromatic N) is 1. The molecule has 2 N–H and O–H groups in total. The van der Waals surface area contributed by atoms with E-state index < -0.39 is 22.9 Å². The minimum atomic E-state index is -1.09. The summed E-state index contributed by atoms with van der Waals surface area (Å²) < 4.78 is 5.07. The molecule has 0 bridgehead atoms. The van der Waals surface area contributed by atoms with Gasteiger partial charge in [-0.1, -0.05) is 18.2 Å². The van der Waals surface area contributed by atoms with Gasteiger partial charge >= 0.3 is 5.97 Å². The second kappa shape index (κ2) is 9.26. The normalized spacial score (nSPS) is 11.2. The van der Waals surface area contributed by atoms with Crippen LogP contribution >= 0.6 is 0 Å². The molecule has 28 heavy (non-hydrogen) atoms. The van der Waals surface area contributed by atoms with Crippen molar-refractivity contribution in [2.24, 2.45) is 0 Å². The second-order valence-electron chi connectivity index (χ2n) is 5.94. The third-order valence-electron chi connectivity index (χ3n) is 3.67. The van der Waals surface area contributed by atoms with Crippen molar-refractivity contribution < 1.29 is 24.0 Å². The first-order valence-corrected chi connectivity index (χ1v) is 8.36. The van der Waals surface area contributed by atoms with Crippen molar-refractivity contribution in [3.05, 3.63) is 64.2 Å². The quantitative estimate of drug-likeness (QED) is 0.428. The molecule has 9 heteroatoms. The van der Waals surface area contributed by atoms with Gasteiger partial charge in [0.05, 0.1) is 11.3 Å². The molecule has 0 aliphatic heterocycles. The van der Waals surface area contributed by atoms with Gasteiger partial charge in [-0.15, -0.1) is 0 Å². The van der Waals surface area contributed by atoms with Gasteiger partial charge in [-0.05, 0) is 31.2 Å². The number of ether oxygens (including phenoxy) is 1. The number of amides is 2. The number of hydrogen-bond acceptors (Lipinski definition) is 6. The zero-order valence-electron chi connectivity index (χ0n) is 15.3. The summed E-state index contributed by atoms with van der Waals surface area (Å²) in [5.74, 6) is -1.52. The van der Waals surface area contributed by atoms with E-state index in [0.29, 0.717) is 11.4 Å². The van der Waals surface area contributed by atoms with Gasteiger partial charge in [-0.2, -0.15) is 0 Å². The molecular weight excluding hydrogens is 366 g/mol. The maximum Gasteiger partial charge on any atom is 0.311 e. The van der Waals surface area contributed by atoms with Gasteiger partial charge in [0.25, 0.3) is 11.6 Å². The molecule has 1 unspecified atom stereocenters. The number of benzene rings is 2. The Balaban J connectivity index is 1.92. The first-order valence-electron chi connectivity index (χ1n) is 8.36. The maximum absolute atomic E-state index is 12.2. The van der Waals surface area contributed by atoms with Crippen LogP contribution in [0.1, 0.15) is 19.4 Å². The summed E-state index contributed by atoms with van der Waals surface area (Å²) in [6.45, 7) is 2.79. The summed E-state index contributed by atoms with van der Waals surface area (Å²) in [6, 6.07) is 12.2. The zero-order chi connectivity index (χ0) is 20.7. The van der Waals surface area contributed by atoms with Gasteiger partial charge in [0.15, 0.2) is 6.10 Å². The summed E-state index contributed by atoms with van der Waals surface area (Å²) in [6.07, 6.45) is -1.41. The Labute approximate surface area is 160 Å². The van der Waals surface area contributed by atoms with Crippen LogP contribution in [0.5, 0.6) is 0 Å². The fourth-order valence-electron chi connectivity index (χ4n) is 2.37. The Bertz CT molecular complexity index is 895. The second-order valence-corrected chi connectivity index (χ2v) is 5.94. The minimum Gasteiger partial charge on any atom is -0.452 e. The number of rotatable bonds is 7. The average molecular weight is 385 g/mol. The van der Waals surface area contributed by atoms with Crippen molar-refractivity contribution in [2.45, 2.75) is 26.4 Å². The molecule has 0 aliphatic rings. The molecule has 0 saturated carbocycles. The Hall–Kier alpha value is -3.75. The summed E-state index contributed by atoms with van der Waals surface area (Å²) in [4.78, 5) is 45.6. The molecule has 0 radical (unpaired) electrons. The molecule has 0 saturated heterocycles. The van der Waals surface area contributed by atoms with E-state index >= 15 is 0 Å². The molecular formula is C19H19N3O6. The summed E-state index contributed by atoms with van der Waals surface area (Å²) in [7, 11) is 0. The Morgan fingerprint density at radius 3 is 2.18 bits per heavy atom. The summed E-state index contributed by atoms with van der Waals surface area (Å²) in [5.41, 5.74) is 1.06. The van der Waals surface area contributed by atoms with Crippen LogP contribution < -0.4 is 10.6 Å². The number of nitro groups is 1. The zero-order valence-corrected chi connectivity index (χ0v) is 15.3. The molecule has 2 amide bonds. The number of nitrogens with one attached hydrogen (secondary N) is 2. The number of hydrogen-bond donors (Lipinski definition) is 2. The Morgan fingerprint density at radius 1 is 1.04 bits per heavy atom. The Kier molecular flexibility index (Phi) is 6.80. The fourth-order valence-corrected chi connectivity index (χ4v) is 2.37. The lowest BCUT2D eigenvalue weighted by molar-refractivity contribution is -0.385. The molecule has 2 rings (SSSR count). The third kappa shape index (κ3) is 5.90. The van der Waals surface area contributed by atoms with Crippen LogP contribution in [-0.4, -0.2) is 28.8 Å². The highest BCUT2D eigenvalue weighted by Gasteiger charge is 2.21. The van der Waals surface area contributed by atoms with Crippen molar-refractivity contribution in [3.63, 3.8) is 0 Å². The number of nitro benzene ring substituents is 1. The number of carbonyl (C=O) groups is 3. The van der Waals surface area contributed by atoms with Gasteiger partial charge in [-0.25, -0.2) is 0 Å². The third-order valence-corrected chi connectivity index (χ3v) is 3.67. The molecule has 1 atom stereocenters. The highest BCUT2D eigenvalue weighted by molar-refractivity contribution is 5.95. The van der Waals surface area contributed by atoms with Crippen LogP contribution in [0.3, 0.4) is 0 Å². The predicted molar refractivity (Wildman–Crippen MR) is 102 cm³/mol. The van der Waals surface area contributed by atoms with Crippen molar-refractivity contribution in [1.82, 2.24) is 0 Å². The average Bonchev–Trinajstić information content (AvgIpc) is 2.63. The van der Waals surface area contributed by atoms with Crippen LogP contribution in [0.25, 0.3) is 0 Å². The highest BCUT2D eigenvalue weighted by Crippen LogP contribution is 2.19. The maximum atomic E-state index is 12.2. The van der Waals surface area contributed by atoms with Crippen molar-refractivity contribution >= 4 is 34.8 Å². The van der Waals surface area contributed by atoms with E-state index in [0.717, 1.165) is 0 Å². The smallest absolute Gasteiger partial charge is 0.311 e. The van der Waals surface area contributed by atoms with Crippen molar-refractivity contribution in [1.29, 1.82) is 0 Å². The van der Waals surface area contributed by atoms with Gasteiger partial charge in [0.1, 0.15) is 0 Å². The first kappa shape index (κ1) is 20.6. The van der Waals surface area contributed by atoms with E-state index in [9.17, 15) is 24.5 Å². The van der Waals surface area contributed by atoms with Gasteiger partial charge in [0, 0.05) is 29.9 Å². The van der Waals surface area contributed by atoms with E-state index in [-0.39, 0.29) is 23.6 Å². The molecule has 0 aromatic heterocycles. The number of anilines is 2. The van der Waals surface area contributed by atoms with E-state index in [4.69, 9.17) is 4.74 Å². The van der Waals surface area contributed by atoms with Gasteiger partial charge in [-0.3, -0.25) is 24.5 Å². The van der Waals surface area contributed by atoms with Crippen molar-refractivity contribution in [3.8, 4) is 0 Å². The molecule has 0 fully saturated rings. The van der Waals surface area contributed by atoms with Gasteiger partial charge < -0.3 is 15.4 Å². The lowest BCUT2D eigenvalue weighted by atomic mass is 10.1. The lowest BCUT2D eigenvalue weighted by Gasteiger charge is -2.14. The molecule has 2 aromatic rings. The molecule has 146 valence electrons. The minimum absolute atomic E-state index is 0.184. The van der Waals surface area contributed by atoms with E-state index in [1.54, 1.807) is 30.3 Å². The largest absolute Gasteiger partial charge is 0.452 e. The predicted octanol–water partition coefficient (Wildman–Crippen LogP) is 2.67. The molecule has 0 aliphatic carbocycles. The summed E-state index contributed by atoms with van der Waals surface area (Å²) >= 11 is 0. The van der Waals surface area contributed by atoms with Crippen molar-refractivity contribution in [2.75, 3.05) is 10.6 Å². The number of carbonyl (C=O) groups excluding carboxylic acids is 3. The SMILES string of the molecule is CC(=O)Nc1ccc(NC(=O)C(C)OC(=O)Cc2ccccc2[N+](=O)[O-])cc1. The topological polar surface area (TPSA) is 128 Å². The summed E-state index contributed by atoms with van der Waals surface area (Å²) in [5, 5.41) is 16.2. The van der Waals surface area contributed by atoms with Gasteiger partial charge in [0.2, 0.25) is 5.91 Å². The first-order chi connectivity index (χ1) is 13.3. The van der Waals surface area contributed by atoms with Crippen LogP contribution in [0.2, 0.25) is 0 Å². The van der Waals surface area contributed by atoms with Crippen LogP contribution in [0, 0.1) is 10.1 Å². The molecule has 0 heterocycles. The Morgan fingerprint density at radius 2 is 1.61 bits per heavy atom. The van der Waals surface area contributed by atoms with E-state index in [2.05, 4.69) is 10.6 Å². The number of para-hydroxylation sites is 1. The fraction of sp³-hybridized carbons (Fsp3) is 0.211. The standard InChI is InChI=1S/C19H19N3O6/c1-12(19(25)21-16-9-7-15(8-10-16)20-13(2)23)28-18(24)11-14-5-3-4-6-17(14)22(26)27/h3-10,12H,11H2,1-2H3,(H,20,23)(H,21,25). The molecule has 2 aromatic carbocycles. The van der Waals surface area contributed by atoms with Crippen LogP contribution in [0.4, 0.5) is 17.1 Å². The lowest BCUT2D eigenvalue weighted by Crippen LogP contribution is -2.30. The molecule has 9 nitrogen and oxygen atoms in total. The number of esters is 1. The van der Waals surface area contributed by atoms with E-state index in [1.165, 1.54) is 32.0 Å². The van der Waals surface area contributed by atoms with Crippen LogP contribution in [-0.2, 0) is 25.5 Å². The highest BCUT2D eigenvalue weighted by atomic mass is 16.6. The van der Waals surface area contributed by atoms with Crippen LogP contribution in [0.15, 0.2) is 48.5 Å². The monoisotopic (exact) mass is 385 g/mol. The van der Waals surface area contributed by atoms with E-state index in [1.807, 2.05) is 0 Å². The molecule has 0 spiro atoms.